The van der Waals surface area contributed by atoms with Gasteiger partial charge in [0.25, 0.3) is 0 Å². The average molecular weight is 199 g/mol. The molecule has 0 fully saturated rings. The van der Waals surface area contributed by atoms with E-state index in [1.165, 1.54) is 0 Å². The molecule has 1 aromatic rings. The lowest BCUT2D eigenvalue weighted by Crippen LogP contribution is -2.18. The van der Waals surface area contributed by atoms with Crippen LogP contribution < -0.4 is 0 Å². The summed E-state index contributed by atoms with van der Waals surface area (Å²) in [5, 5.41) is 9.79. The predicted octanol–water partition coefficient (Wildman–Crippen LogP) is 2.29. The molecule has 0 unspecified atom stereocenters. The maximum atomic E-state index is 11.4. The highest BCUT2D eigenvalue weighted by molar-refractivity contribution is 6.31. The van der Waals surface area contributed by atoms with Crippen LogP contribution in [0.15, 0.2) is 24.3 Å². The van der Waals surface area contributed by atoms with Crippen LogP contribution >= 0.6 is 11.6 Å². The van der Waals surface area contributed by atoms with Crippen molar-refractivity contribution in [3.63, 3.8) is 0 Å². The second kappa shape index (κ2) is 4.40. The summed E-state index contributed by atoms with van der Waals surface area (Å²) in [4.78, 5) is 11.4. The normalized spacial score (nSPS) is 12.5. The molecule has 1 rings (SSSR count). The molecule has 1 N–H and O–H groups in total. The maximum Gasteiger partial charge on any atom is 0.191 e. The summed E-state index contributed by atoms with van der Waals surface area (Å²) >= 11 is 5.70. The van der Waals surface area contributed by atoms with E-state index in [1.54, 1.807) is 31.2 Å². The molecule has 0 bridgehead atoms. The molecule has 0 aliphatic rings. The highest BCUT2D eigenvalue weighted by Gasteiger charge is 2.14. The smallest absolute Gasteiger partial charge is 0.191 e. The molecule has 3 heteroatoms. The summed E-state index contributed by atoms with van der Waals surface area (Å²) in [6.07, 6.45) is -0.496. The van der Waals surface area contributed by atoms with Gasteiger partial charge in [-0.3, -0.25) is 4.79 Å². The Bertz CT molecular complexity index is 310. The standard InChI is InChI=1S/C10H11ClO2/c1-2-9(12)10(13)7-4-3-5-8(11)6-7/h3-6,9,12H,2H2,1H3/t9-/m1/s1. The summed E-state index contributed by atoms with van der Waals surface area (Å²) < 4.78 is 0. The quantitative estimate of drug-likeness (QED) is 0.757. The number of ketones is 1. The first-order valence-electron chi connectivity index (χ1n) is 4.13. The molecule has 2 nitrogen and oxygen atoms in total. The fourth-order valence-electron chi connectivity index (χ4n) is 1.02. The van der Waals surface area contributed by atoms with Gasteiger partial charge in [0.1, 0.15) is 6.10 Å². The van der Waals surface area contributed by atoms with E-state index in [9.17, 15) is 9.90 Å². The van der Waals surface area contributed by atoms with Crippen molar-refractivity contribution in [3.05, 3.63) is 34.9 Å². The van der Waals surface area contributed by atoms with Crippen LogP contribution in [-0.2, 0) is 0 Å². The van der Waals surface area contributed by atoms with Crippen LogP contribution in [0.3, 0.4) is 0 Å². The Hall–Kier alpha value is -0.860. The zero-order valence-electron chi connectivity index (χ0n) is 7.33. The number of rotatable bonds is 3. The molecular weight excluding hydrogens is 188 g/mol. The third kappa shape index (κ3) is 2.54. The van der Waals surface area contributed by atoms with E-state index in [2.05, 4.69) is 0 Å². The molecule has 0 heterocycles. The molecular formula is C10H11ClO2. The molecule has 13 heavy (non-hydrogen) atoms. The summed E-state index contributed by atoms with van der Waals surface area (Å²) in [6.45, 7) is 1.76. The number of halogens is 1. The second-order valence-corrected chi connectivity index (χ2v) is 3.24. The minimum absolute atomic E-state index is 0.273. The van der Waals surface area contributed by atoms with Gasteiger partial charge in [0.15, 0.2) is 5.78 Å². The van der Waals surface area contributed by atoms with Gasteiger partial charge in [-0.25, -0.2) is 0 Å². The van der Waals surface area contributed by atoms with Crippen LogP contribution in [0.25, 0.3) is 0 Å². The van der Waals surface area contributed by atoms with Crippen LogP contribution in [0.4, 0.5) is 0 Å². The minimum atomic E-state index is -0.918. The number of carbonyl (C=O) groups excluding carboxylic acids is 1. The van der Waals surface area contributed by atoms with Crippen molar-refractivity contribution < 1.29 is 9.90 Å². The second-order valence-electron chi connectivity index (χ2n) is 2.80. The van der Waals surface area contributed by atoms with Crippen LogP contribution in [0, 0.1) is 0 Å². The van der Waals surface area contributed by atoms with Crippen molar-refractivity contribution >= 4 is 17.4 Å². The van der Waals surface area contributed by atoms with Crippen molar-refractivity contribution in [2.45, 2.75) is 19.4 Å². The van der Waals surface area contributed by atoms with Gasteiger partial charge in [0.2, 0.25) is 0 Å². The largest absolute Gasteiger partial charge is 0.385 e. The first kappa shape index (κ1) is 10.2. The Labute approximate surface area is 82.2 Å². The zero-order valence-corrected chi connectivity index (χ0v) is 8.08. The number of aliphatic hydroxyl groups excluding tert-OH is 1. The first-order valence-corrected chi connectivity index (χ1v) is 4.50. The van der Waals surface area contributed by atoms with E-state index in [0.717, 1.165) is 0 Å². The molecule has 1 atom stereocenters. The number of carbonyl (C=O) groups is 1. The molecule has 0 aliphatic carbocycles. The van der Waals surface area contributed by atoms with E-state index < -0.39 is 6.10 Å². The van der Waals surface area contributed by atoms with Crippen molar-refractivity contribution in [1.29, 1.82) is 0 Å². The van der Waals surface area contributed by atoms with E-state index in [1.807, 2.05) is 0 Å². The molecule has 1 aromatic carbocycles. The Morgan fingerprint density at radius 3 is 2.85 bits per heavy atom. The van der Waals surface area contributed by atoms with Crippen molar-refractivity contribution in [2.75, 3.05) is 0 Å². The number of hydrogen-bond donors (Lipinski definition) is 1. The zero-order chi connectivity index (χ0) is 9.84. The fourth-order valence-corrected chi connectivity index (χ4v) is 1.21. The van der Waals surface area contributed by atoms with E-state index in [-0.39, 0.29) is 5.78 Å². The molecule has 0 spiro atoms. The topological polar surface area (TPSA) is 37.3 Å². The van der Waals surface area contributed by atoms with Gasteiger partial charge < -0.3 is 5.11 Å². The first-order chi connectivity index (χ1) is 6.15. The van der Waals surface area contributed by atoms with Crippen molar-refractivity contribution in [2.24, 2.45) is 0 Å². The molecule has 0 amide bonds. The summed E-state index contributed by atoms with van der Waals surface area (Å²) in [5.41, 5.74) is 0.460. The van der Waals surface area contributed by atoms with Gasteiger partial charge in [-0.1, -0.05) is 30.7 Å². The molecule has 0 saturated heterocycles. The van der Waals surface area contributed by atoms with E-state index >= 15 is 0 Å². The molecule has 0 saturated carbocycles. The van der Waals surface area contributed by atoms with Crippen molar-refractivity contribution in [3.8, 4) is 0 Å². The molecule has 0 aromatic heterocycles. The van der Waals surface area contributed by atoms with Gasteiger partial charge in [-0.05, 0) is 18.6 Å². The van der Waals surface area contributed by atoms with Gasteiger partial charge >= 0.3 is 0 Å². The Morgan fingerprint density at radius 1 is 1.62 bits per heavy atom. The third-order valence-electron chi connectivity index (χ3n) is 1.80. The monoisotopic (exact) mass is 198 g/mol. The van der Waals surface area contributed by atoms with Gasteiger partial charge in [-0.2, -0.15) is 0 Å². The van der Waals surface area contributed by atoms with Crippen molar-refractivity contribution in [1.82, 2.24) is 0 Å². The molecule has 0 aliphatic heterocycles. The summed E-state index contributed by atoms with van der Waals surface area (Å²) in [6, 6.07) is 6.59. The summed E-state index contributed by atoms with van der Waals surface area (Å²) in [5.74, 6) is -0.273. The predicted molar refractivity (Wildman–Crippen MR) is 52.1 cm³/mol. The molecule has 0 radical (unpaired) electrons. The van der Waals surface area contributed by atoms with E-state index in [0.29, 0.717) is 17.0 Å². The third-order valence-corrected chi connectivity index (χ3v) is 2.03. The van der Waals surface area contributed by atoms with Crippen LogP contribution in [0.5, 0.6) is 0 Å². The van der Waals surface area contributed by atoms with Crippen LogP contribution in [0.2, 0.25) is 5.02 Å². The lowest BCUT2D eigenvalue weighted by Gasteiger charge is -2.06. The fraction of sp³-hybridized carbons (Fsp3) is 0.300. The highest BCUT2D eigenvalue weighted by Crippen LogP contribution is 2.13. The Morgan fingerprint density at radius 2 is 2.31 bits per heavy atom. The number of aliphatic hydroxyl groups is 1. The van der Waals surface area contributed by atoms with E-state index in [4.69, 9.17) is 11.6 Å². The SMILES string of the molecule is CC[C@@H](O)C(=O)c1cccc(Cl)c1. The number of benzene rings is 1. The number of Topliss-reactive ketones (excluding diaryl/α,β-unsaturated/α-hetero) is 1. The van der Waals surface area contributed by atoms with Gasteiger partial charge in [-0.15, -0.1) is 0 Å². The summed E-state index contributed by atoms with van der Waals surface area (Å²) in [7, 11) is 0. The lowest BCUT2D eigenvalue weighted by molar-refractivity contribution is 0.0740. The lowest BCUT2D eigenvalue weighted by atomic mass is 10.1. The van der Waals surface area contributed by atoms with Crippen LogP contribution in [-0.4, -0.2) is 17.0 Å². The molecule has 70 valence electrons. The van der Waals surface area contributed by atoms with Gasteiger partial charge in [0.05, 0.1) is 0 Å². The Kier molecular flexibility index (Phi) is 3.46. The van der Waals surface area contributed by atoms with Gasteiger partial charge in [0, 0.05) is 10.6 Å². The maximum absolute atomic E-state index is 11.4. The highest BCUT2D eigenvalue weighted by atomic mass is 35.5. The minimum Gasteiger partial charge on any atom is -0.385 e. The Balaban J connectivity index is 2.89. The average Bonchev–Trinajstić information content (AvgIpc) is 2.15. The number of hydrogen-bond acceptors (Lipinski definition) is 2. The van der Waals surface area contributed by atoms with Crippen LogP contribution in [0.1, 0.15) is 23.7 Å².